The van der Waals surface area contributed by atoms with Crippen molar-refractivity contribution in [2.45, 2.75) is 13.1 Å². The number of halogens is 3. The summed E-state index contributed by atoms with van der Waals surface area (Å²) in [5.41, 5.74) is -1.13. The highest BCUT2D eigenvalue weighted by atomic mass is 19.4. The number of ether oxygens (including phenoxy) is 1. The number of nitro groups is 2. The highest BCUT2D eigenvalue weighted by Gasteiger charge is 2.29. The Kier molecular flexibility index (Phi) is 5.81. The maximum absolute atomic E-state index is 12.4. The van der Waals surface area contributed by atoms with Gasteiger partial charge in [-0.05, 0) is 13.0 Å². The van der Waals surface area contributed by atoms with Crippen LogP contribution < -0.4 is 10.1 Å². The number of carbonyl (C=O) groups is 1. The third kappa shape index (κ3) is 5.16. The zero-order valence-electron chi connectivity index (χ0n) is 14.1. The molecule has 0 aliphatic heterocycles. The Balaban J connectivity index is 2.33. The van der Waals surface area contributed by atoms with Gasteiger partial charge in [0.25, 0.3) is 17.3 Å². The largest absolute Gasteiger partial charge is 0.484 e. The number of carbonyl (C=O) groups excluding carboxylic acids is 1. The van der Waals surface area contributed by atoms with Gasteiger partial charge in [0.2, 0.25) is 0 Å². The van der Waals surface area contributed by atoms with Gasteiger partial charge in [0.05, 0.1) is 21.6 Å². The van der Waals surface area contributed by atoms with Gasteiger partial charge in [0.1, 0.15) is 5.75 Å². The Hall–Kier alpha value is -3.70. The third-order valence-corrected chi connectivity index (χ3v) is 3.51. The first-order valence-electron chi connectivity index (χ1n) is 7.52. The average molecular weight is 399 g/mol. The molecule has 0 saturated heterocycles. The van der Waals surface area contributed by atoms with Crippen molar-refractivity contribution in [1.29, 1.82) is 0 Å². The zero-order valence-corrected chi connectivity index (χ0v) is 14.1. The van der Waals surface area contributed by atoms with Crippen molar-refractivity contribution in [2.75, 3.05) is 11.9 Å². The molecule has 12 heteroatoms. The molecule has 0 atom stereocenters. The second-order valence-corrected chi connectivity index (χ2v) is 5.54. The summed E-state index contributed by atoms with van der Waals surface area (Å²) < 4.78 is 41.4. The first-order chi connectivity index (χ1) is 13.0. The fraction of sp³-hybridized carbons (Fsp3) is 0.188. The highest BCUT2D eigenvalue weighted by Crippen LogP contribution is 2.29. The minimum Gasteiger partial charge on any atom is -0.484 e. The van der Waals surface area contributed by atoms with E-state index in [2.05, 4.69) is 10.1 Å². The van der Waals surface area contributed by atoms with Gasteiger partial charge in [-0.3, -0.25) is 25.0 Å². The summed E-state index contributed by atoms with van der Waals surface area (Å²) in [7, 11) is 0. The molecular weight excluding hydrogens is 387 g/mol. The lowest BCUT2D eigenvalue weighted by Crippen LogP contribution is -2.19. The van der Waals surface area contributed by atoms with Gasteiger partial charge in [0, 0.05) is 29.3 Å². The van der Waals surface area contributed by atoms with Gasteiger partial charge in [0.15, 0.2) is 6.61 Å². The lowest BCUT2D eigenvalue weighted by Gasteiger charge is -2.12. The van der Waals surface area contributed by atoms with Crippen LogP contribution in [0.25, 0.3) is 0 Å². The van der Waals surface area contributed by atoms with E-state index >= 15 is 0 Å². The molecule has 2 aromatic carbocycles. The molecule has 1 amide bonds. The van der Waals surface area contributed by atoms with E-state index in [4.69, 9.17) is 0 Å². The minimum atomic E-state index is -4.66. The number of non-ortho nitro benzene ring substituents is 1. The maximum Gasteiger partial charge on any atom is 0.422 e. The Labute approximate surface area is 155 Å². The molecule has 0 unspecified atom stereocenters. The summed E-state index contributed by atoms with van der Waals surface area (Å²) >= 11 is 0. The van der Waals surface area contributed by atoms with E-state index in [9.17, 15) is 38.2 Å². The number of nitrogens with one attached hydrogen (secondary N) is 1. The van der Waals surface area contributed by atoms with Crippen LogP contribution in [0.15, 0.2) is 36.4 Å². The number of anilines is 1. The van der Waals surface area contributed by atoms with Crippen molar-refractivity contribution in [2.24, 2.45) is 0 Å². The summed E-state index contributed by atoms with van der Waals surface area (Å²) in [4.78, 5) is 32.8. The second kappa shape index (κ2) is 7.90. The molecule has 148 valence electrons. The maximum atomic E-state index is 12.4. The van der Waals surface area contributed by atoms with E-state index in [1.165, 1.54) is 25.1 Å². The molecule has 0 aromatic heterocycles. The number of hydrogen-bond acceptors (Lipinski definition) is 6. The Bertz CT molecular complexity index is 946. The molecule has 0 saturated carbocycles. The predicted octanol–water partition coefficient (Wildman–Crippen LogP) is 4.00. The van der Waals surface area contributed by atoms with Gasteiger partial charge in [-0.1, -0.05) is 6.07 Å². The molecule has 0 aliphatic rings. The van der Waals surface area contributed by atoms with Crippen molar-refractivity contribution in [3.8, 4) is 5.75 Å². The number of amides is 1. The van der Waals surface area contributed by atoms with Crippen molar-refractivity contribution < 1.29 is 32.5 Å². The number of nitro benzene ring substituents is 2. The van der Waals surface area contributed by atoms with Crippen LogP contribution in [0.2, 0.25) is 0 Å². The van der Waals surface area contributed by atoms with E-state index in [1.807, 2.05) is 0 Å². The van der Waals surface area contributed by atoms with Gasteiger partial charge in [-0.2, -0.15) is 13.2 Å². The van der Waals surface area contributed by atoms with Gasteiger partial charge in [-0.25, -0.2) is 0 Å². The number of benzene rings is 2. The smallest absolute Gasteiger partial charge is 0.422 e. The van der Waals surface area contributed by atoms with Crippen LogP contribution in [-0.4, -0.2) is 28.5 Å². The normalized spacial score (nSPS) is 11.0. The average Bonchev–Trinajstić information content (AvgIpc) is 2.59. The van der Waals surface area contributed by atoms with Crippen molar-refractivity contribution in [3.05, 3.63) is 67.8 Å². The highest BCUT2D eigenvalue weighted by molar-refractivity contribution is 6.06. The molecule has 1 N–H and O–H groups in total. The van der Waals surface area contributed by atoms with Crippen LogP contribution in [0.1, 0.15) is 15.9 Å². The molecule has 2 aromatic rings. The molecule has 0 radical (unpaired) electrons. The first-order valence-corrected chi connectivity index (χ1v) is 7.52. The lowest BCUT2D eigenvalue weighted by molar-refractivity contribution is -0.385. The van der Waals surface area contributed by atoms with Gasteiger partial charge in [-0.15, -0.1) is 0 Å². The van der Waals surface area contributed by atoms with Gasteiger partial charge >= 0.3 is 6.18 Å². The Morgan fingerprint density at radius 3 is 2.39 bits per heavy atom. The summed E-state index contributed by atoms with van der Waals surface area (Å²) in [6.07, 6.45) is -4.66. The predicted molar refractivity (Wildman–Crippen MR) is 90.4 cm³/mol. The number of nitrogens with zero attached hydrogens (tertiary/aromatic N) is 2. The third-order valence-electron chi connectivity index (χ3n) is 3.51. The molecule has 2 rings (SSSR count). The number of hydrogen-bond donors (Lipinski definition) is 1. The summed E-state index contributed by atoms with van der Waals surface area (Å²) in [6, 6.07) is 6.46. The quantitative estimate of drug-likeness (QED) is 0.578. The Morgan fingerprint density at radius 2 is 1.82 bits per heavy atom. The summed E-state index contributed by atoms with van der Waals surface area (Å²) in [5.74, 6) is -1.30. The number of alkyl halides is 3. The van der Waals surface area contributed by atoms with Crippen molar-refractivity contribution >= 4 is 23.0 Å². The minimum absolute atomic E-state index is 0.0592. The summed E-state index contributed by atoms with van der Waals surface area (Å²) in [5, 5.41) is 24.2. The molecule has 9 nitrogen and oxygen atoms in total. The second-order valence-electron chi connectivity index (χ2n) is 5.54. The topological polar surface area (TPSA) is 125 Å². The van der Waals surface area contributed by atoms with Crippen LogP contribution in [0.4, 0.5) is 30.2 Å². The number of rotatable bonds is 6. The molecule has 0 aliphatic carbocycles. The van der Waals surface area contributed by atoms with Crippen LogP contribution in [0.3, 0.4) is 0 Å². The van der Waals surface area contributed by atoms with E-state index in [0.29, 0.717) is 0 Å². The molecule has 0 bridgehead atoms. The van der Waals surface area contributed by atoms with Crippen LogP contribution >= 0.6 is 0 Å². The molecule has 0 spiro atoms. The molecule has 0 fully saturated rings. The molecule has 0 heterocycles. The first kappa shape index (κ1) is 20.6. The van der Waals surface area contributed by atoms with E-state index in [-0.39, 0.29) is 22.5 Å². The van der Waals surface area contributed by atoms with Crippen LogP contribution in [-0.2, 0) is 0 Å². The van der Waals surface area contributed by atoms with Crippen molar-refractivity contribution in [3.63, 3.8) is 0 Å². The van der Waals surface area contributed by atoms with Gasteiger partial charge < -0.3 is 10.1 Å². The standard InChI is InChI=1S/C16H12F3N3O6/c1-9-13(3-2-4-14(9)22(26)27)15(23)20-10-5-11(21(24)25)7-12(6-10)28-8-16(17,18)19/h2-7H,8H2,1H3,(H,20,23). The van der Waals surface area contributed by atoms with Crippen LogP contribution in [0.5, 0.6) is 5.75 Å². The monoisotopic (exact) mass is 399 g/mol. The summed E-state index contributed by atoms with van der Waals surface area (Å²) in [6.45, 7) is -0.329. The SMILES string of the molecule is Cc1c(C(=O)Nc2cc(OCC(F)(F)F)cc([N+](=O)[O-])c2)cccc1[N+](=O)[O-]. The lowest BCUT2D eigenvalue weighted by atomic mass is 10.1. The fourth-order valence-electron chi connectivity index (χ4n) is 2.28. The van der Waals surface area contributed by atoms with E-state index < -0.39 is 40.0 Å². The van der Waals surface area contributed by atoms with E-state index in [1.54, 1.807) is 0 Å². The van der Waals surface area contributed by atoms with E-state index in [0.717, 1.165) is 18.2 Å². The molecule has 28 heavy (non-hydrogen) atoms. The zero-order chi connectivity index (χ0) is 21.1. The Morgan fingerprint density at radius 1 is 1.14 bits per heavy atom. The molecular formula is C16H12F3N3O6. The fourth-order valence-corrected chi connectivity index (χ4v) is 2.28. The van der Waals surface area contributed by atoms with Crippen molar-refractivity contribution in [1.82, 2.24) is 0 Å². The van der Waals surface area contributed by atoms with Crippen LogP contribution in [0, 0.1) is 27.2 Å².